The van der Waals surface area contributed by atoms with Crippen LogP contribution < -0.4 is 4.74 Å². The summed E-state index contributed by atoms with van der Waals surface area (Å²) in [6.07, 6.45) is 1.57. The van der Waals surface area contributed by atoms with Crippen molar-refractivity contribution < 1.29 is 14.3 Å². The van der Waals surface area contributed by atoms with Crippen molar-refractivity contribution in [3.05, 3.63) is 63.6 Å². The van der Waals surface area contributed by atoms with Crippen LogP contribution in [0.4, 0.5) is 0 Å². The number of carbonyl (C=O) groups is 2. The maximum atomic E-state index is 12.8. The maximum Gasteiger partial charge on any atom is 0.255 e. The van der Waals surface area contributed by atoms with E-state index in [1.807, 2.05) is 18.2 Å². The molecule has 0 aliphatic carbocycles. The van der Waals surface area contributed by atoms with Crippen molar-refractivity contribution in [1.29, 1.82) is 0 Å². The average molecular weight is 390 g/mol. The van der Waals surface area contributed by atoms with Gasteiger partial charge >= 0.3 is 0 Å². The molecule has 0 atom stereocenters. The number of hydrogen-bond acceptors (Lipinski definition) is 3. The molecule has 6 heteroatoms. The van der Waals surface area contributed by atoms with E-state index in [9.17, 15) is 9.59 Å². The highest BCUT2D eigenvalue weighted by molar-refractivity contribution is 6.35. The highest BCUT2D eigenvalue weighted by Gasteiger charge is 2.43. The van der Waals surface area contributed by atoms with Crippen LogP contribution in [-0.4, -0.2) is 35.3 Å². The molecule has 0 radical (unpaired) electrons. The molecule has 0 N–H and O–H groups in total. The molecular weight excluding hydrogens is 373 g/mol. The third kappa shape index (κ3) is 3.08. The van der Waals surface area contributed by atoms with E-state index in [2.05, 4.69) is 0 Å². The molecule has 1 saturated heterocycles. The number of carbonyl (C=O) groups excluding carboxylic acids is 2. The number of likely N-dealkylation sites (tertiary alicyclic amines) is 1. The zero-order valence-electron chi connectivity index (χ0n) is 14.0. The summed E-state index contributed by atoms with van der Waals surface area (Å²) in [5.74, 6) is 0.598. The van der Waals surface area contributed by atoms with Crippen molar-refractivity contribution in [2.75, 3.05) is 13.1 Å². The highest BCUT2D eigenvalue weighted by atomic mass is 35.5. The van der Waals surface area contributed by atoms with Gasteiger partial charge in [-0.25, -0.2) is 0 Å². The van der Waals surface area contributed by atoms with E-state index in [1.165, 1.54) is 0 Å². The number of hydrogen-bond donors (Lipinski definition) is 0. The van der Waals surface area contributed by atoms with Crippen LogP contribution in [0.5, 0.6) is 5.75 Å². The summed E-state index contributed by atoms with van der Waals surface area (Å²) < 4.78 is 6.20. The zero-order valence-corrected chi connectivity index (χ0v) is 15.5. The van der Waals surface area contributed by atoms with Gasteiger partial charge in [-0.15, -0.1) is 0 Å². The molecule has 1 spiro atoms. The molecule has 26 heavy (non-hydrogen) atoms. The Kier molecular flexibility index (Phi) is 4.41. The molecule has 2 aromatic carbocycles. The Labute approximate surface area is 161 Å². The lowest BCUT2D eigenvalue weighted by Gasteiger charge is -2.44. The van der Waals surface area contributed by atoms with E-state index in [0.717, 1.165) is 0 Å². The Balaban J connectivity index is 1.50. The molecule has 1 fully saturated rings. The van der Waals surface area contributed by atoms with E-state index >= 15 is 0 Å². The molecule has 0 aromatic heterocycles. The smallest absolute Gasteiger partial charge is 0.255 e. The van der Waals surface area contributed by atoms with Crippen LogP contribution in [0.2, 0.25) is 10.0 Å². The largest absolute Gasteiger partial charge is 0.486 e. The summed E-state index contributed by atoms with van der Waals surface area (Å²) >= 11 is 12.1. The molecule has 2 aliphatic rings. The van der Waals surface area contributed by atoms with Crippen LogP contribution in [0, 0.1) is 0 Å². The average Bonchev–Trinajstić information content (AvgIpc) is 2.64. The first-order chi connectivity index (χ1) is 12.5. The number of ketones is 1. The van der Waals surface area contributed by atoms with Crippen molar-refractivity contribution in [3.8, 4) is 5.75 Å². The lowest BCUT2D eigenvalue weighted by Crippen LogP contribution is -2.52. The van der Waals surface area contributed by atoms with Gasteiger partial charge in [0.15, 0.2) is 5.78 Å². The van der Waals surface area contributed by atoms with E-state index in [4.69, 9.17) is 27.9 Å². The molecule has 1 amide bonds. The van der Waals surface area contributed by atoms with Gasteiger partial charge in [0, 0.05) is 31.0 Å². The lowest BCUT2D eigenvalue weighted by molar-refractivity contribution is -0.00569. The fourth-order valence-corrected chi connectivity index (χ4v) is 4.04. The monoisotopic (exact) mass is 389 g/mol. The standard InChI is InChI=1S/C20H17Cl2NO3/c21-13-5-6-16(22)15(11-13)19(25)23-9-7-20(8-10-23)12-17(24)14-3-1-2-4-18(14)26-20/h1-6,11H,7-10,12H2. The minimum absolute atomic E-state index is 0.101. The van der Waals surface area contributed by atoms with E-state index < -0.39 is 5.60 Å². The van der Waals surface area contributed by atoms with E-state index in [1.54, 1.807) is 29.2 Å². The van der Waals surface area contributed by atoms with Gasteiger partial charge in [0.05, 0.1) is 22.6 Å². The highest BCUT2D eigenvalue weighted by Crippen LogP contribution is 2.39. The molecule has 134 valence electrons. The third-order valence-corrected chi connectivity index (χ3v) is 5.68. The zero-order chi connectivity index (χ0) is 18.3. The first-order valence-corrected chi connectivity index (χ1v) is 9.29. The fourth-order valence-electron chi connectivity index (χ4n) is 3.67. The van der Waals surface area contributed by atoms with Crippen LogP contribution in [0.1, 0.15) is 40.0 Å². The summed E-state index contributed by atoms with van der Waals surface area (Å²) in [7, 11) is 0. The van der Waals surface area contributed by atoms with Gasteiger partial charge in [-0.1, -0.05) is 35.3 Å². The number of rotatable bonds is 1. The number of benzene rings is 2. The number of piperidine rings is 1. The van der Waals surface area contributed by atoms with Gasteiger partial charge in [0.1, 0.15) is 11.4 Å². The van der Waals surface area contributed by atoms with Gasteiger partial charge in [-0.05, 0) is 30.3 Å². The number of Topliss-reactive ketones (excluding diaryl/α,β-unsaturated/α-hetero) is 1. The predicted molar refractivity (Wildman–Crippen MR) is 100 cm³/mol. The van der Waals surface area contributed by atoms with Gasteiger partial charge in [-0.3, -0.25) is 9.59 Å². The minimum atomic E-state index is -0.527. The van der Waals surface area contributed by atoms with Gasteiger partial charge in [0.2, 0.25) is 0 Å². The number of ether oxygens (including phenoxy) is 1. The second kappa shape index (κ2) is 6.60. The van der Waals surface area contributed by atoms with Crippen molar-refractivity contribution in [2.45, 2.75) is 24.9 Å². The third-order valence-electron chi connectivity index (χ3n) is 5.12. The Morgan fingerprint density at radius 3 is 2.58 bits per heavy atom. The molecule has 4 nitrogen and oxygen atoms in total. The number of amides is 1. The van der Waals surface area contributed by atoms with Crippen LogP contribution >= 0.6 is 23.2 Å². The van der Waals surface area contributed by atoms with Crippen molar-refractivity contribution in [3.63, 3.8) is 0 Å². The molecule has 0 saturated carbocycles. The number of para-hydroxylation sites is 1. The van der Waals surface area contributed by atoms with E-state index in [0.29, 0.717) is 59.3 Å². The summed E-state index contributed by atoms with van der Waals surface area (Å²) in [6, 6.07) is 12.2. The van der Waals surface area contributed by atoms with Crippen molar-refractivity contribution >= 4 is 34.9 Å². The Bertz CT molecular complexity index is 888. The Morgan fingerprint density at radius 1 is 1.08 bits per heavy atom. The summed E-state index contributed by atoms with van der Waals surface area (Å²) in [5.41, 5.74) is 0.517. The molecule has 0 unspecified atom stereocenters. The van der Waals surface area contributed by atoms with Crippen molar-refractivity contribution in [1.82, 2.24) is 4.90 Å². The number of nitrogens with zero attached hydrogens (tertiary/aromatic N) is 1. The second-order valence-electron chi connectivity index (χ2n) is 6.80. The predicted octanol–water partition coefficient (Wildman–Crippen LogP) is 4.63. The molecule has 0 bridgehead atoms. The molecule has 2 aromatic rings. The van der Waals surface area contributed by atoms with Gasteiger partial charge in [0.25, 0.3) is 5.91 Å². The molecule has 4 rings (SSSR count). The van der Waals surface area contributed by atoms with Gasteiger partial charge < -0.3 is 9.64 Å². The normalized spacial score (nSPS) is 18.4. The summed E-state index contributed by atoms with van der Waals surface area (Å²) in [6.45, 7) is 1.02. The van der Waals surface area contributed by atoms with Crippen LogP contribution in [-0.2, 0) is 0 Å². The van der Waals surface area contributed by atoms with E-state index in [-0.39, 0.29) is 11.7 Å². The number of halogens is 2. The molecular formula is C20H17Cl2NO3. The van der Waals surface area contributed by atoms with Crippen LogP contribution in [0.25, 0.3) is 0 Å². The first-order valence-electron chi connectivity index (χ1n) is 8.53. The van der Waals surface area contributed by atoms with Crippen LogP contribution in [0.3, 0.4) is 0 Å². The Morgan fingerprint density at radius 2 is 1.81 bits per heavy atom. The minimum Gasteiger partial charge on any atom is -0.486 e. The van der Waals surface area contributed by atoms with Crippen LogP contribution in [0.15, 0.2) is 42.5 Å². The lowest BCUT2D eigenvalue weighted by atomic mass is 9.82. The molecule has 2 heterocycles. The first kappa shape index (κ1) is 17.4. The summed E-state index contributed by atoms with van der Waals surface area (Å²) in [4.78, 5) is 27.0. The fraction of sp³-hybridized carbons (Fsp3) is 0.300. The quantitative estimate of drug-likeness (QED) is 0.713. The number of fused-ring (bicyclic) bond motifs is 1. The van der Waals surface area contributed by atoms with Gasteiger partial charge in [-0.2, -0.15) is 0 Å². The summed E-state index contributed by atoms with van der Waals surface area (Å²) in [5, 5.41) is 0.863. The topological polar surface area (TPSA) is 46.6 Å². The second-order valence-corrected chi connectivity index (χ2v) is 7.64. The maximum absolute atomic E-state index is 12.8. The molecule has 2 aliphatic heterocycles. The SMILES string of the molecule is O=C1CC2(CCN(C(=O)c3cc(Cl)ccc3Cl)CC2)Oc2ccccc21. The van der Waals surface area contributed by atoms with Crippen molar-refractivity contribution in [2.24, 2.45) is 0 Å². The Hall–Kier alpha value is -2.04.